The van der Waals surface area contributed by atoms with Crippen molar-refractivity contribution in [3.63, 3.8) is 0 Å². The van der Waals surface area contributed by atoms with Gasteiger partial charge in [-0.15, -0.1) is 0 Å². The van der Waals surface area contributed by atoms with Crippen LogP contribution in [-0.4, -0.2) is 37.2 Å². The molecule has 0 aromatic carbocycles. The lowest BCUT2D eigenvalue weighted by molar-refractivity contribution is -0.167. The average molecular weight is 984 g/mol. The van der Waals surface area contributed by atoms with Crippen molar-refractivity contribution < 1.29 is 28.6 Å². The maximum absolute atomic E-state index is 12.9. The van der Waals surface area contributed by atoms with E-state index >= 15 is 0 Å². The summed E-state index contributed by atoms with van der Waals surface area (Å²) in [6.45, 7) is 6.33. The Morgan fingerprint density at radius 3 is 1.03 bits per heavy atom. The largest absolute Gasteiger partial charge is 0.462 e. The van der Waals surface area contributed by atoms with Crippen LogP contribution in [0.2, 0.25) is 0 Å². The summed E-state index contributed by atoms with van der Waals surface area (Å²) in [4.78, 5) is 38.2. The second-order valence-corrected chi connectivity index (χ2v) is 18.9. The molecule has 0 bridgehead atoms. The van der Waals surface area contributed by atoms with Crippen LogP contribution in [0.4, 0.5) is 0 Å². The number of hydrogen-bond donors (Lipinski definition) is 0. The summed E-state index contributed by atoms with van der Waals surface area (Å²) in [6.07, 6.45) is 80.5. The number of esters is 3. The Kier molecular flexibility index (Phi) is 54.9. The van der Waals surface area contributed by atoms with E-state index in [1.807, 2.05) is 48.6 Å². The van der Waals surface area contributed by atoms with Gasteiger partial charge in [-0.05, 0) is 83.5 Å². The predicted molar refractivity (Wildman–Crippen MR) is 306 cm³/mol. The summed E-state index contributed by atoms with van der Waals surface area (Å²) in [6, 6.07) is 0. The molecule has 0 saturated carbocycles. The monoisotopic (exact) mass is 983 g/mol. The van der Waals surface area contributed by atoms with E-state index in [0.717, 1.165) is 109 Å². The lowest BCUT2D eigenvalue weighted by atomic mass is 10.0. The van der Waals surface area contributed by atoms with E-state index in [2.05, 4.69) is 93.7 Å². The lowest BCUT2D eigenvalue weighted by Crippen LogP contribution is -2.30. The van der Waals surface area contributed by atoms with E-state index in [9.17, 15) is 14.4 Å². The van der Waals surface area contributed by atoms with E-state index in [-0.39, 0.29) is 31.1 Å². The summed E-state index contributed by atoms with van der Waals surface area (Å²) in [5.41, 5.74) is 0. The highest BCUT2D eigenvalue weighted by Crippen LogP contribution is 2.16. The molecule has 0 aliphatic heterocycles. The molecule has 0 saturated heterocycles. The molecule has 0 heterocycles. The number of allylic oxidation sites excluding steroid dienone is 20. The van der Waals surface area contributed by atoms with Crippen molar-refractivity contribution in [3.05, 3.63) is 122 Å². The van der Waals surface area contributed by atoms with Crippen LogP contribution in [-0.2, 0) is 28.6 Å². The fourth-order valence-electron chi connectivity index (χ4n) is 7.78. The first-order valence-electron chi connectivity index (χ1n) is 29.1. The summed E-state index contributed by atoms with van der Waals surface area (Å²) in [7, 11) is 0. The van der Waals surface area contributed by atoms with Crippen LogP contribution >= 0.6 is 0 Å². The third-order valence-electron chi connectivity index (χ3n) is 12.1. The fourth-order valence-corrected chi connectivity index (χ4v) is 7.78. The van der Waals surface area contributed by atoms with Gasteiger partial charge in [0, 0.05) is 19.3 Å². The molecule has 1 atom stereocenters. The zero-order chi connectivity index (χ0) is 51.4. The van der Waals surface area contributed by atoms with Crippen molar-refractivity contribution in [2.45, 2.75) is 258 Å². The number of carbonyl (C=O) groups is 3. The minimum atomic E-state index is -0.812. The third-order valence-corrected chi connectivity index (χ3v) is 12.1. The zero-order valence-electron chi connectivity index (χ0n) is 45.9. The second-order valence-electron chi connectivity index (χ2n) is 18.9. The lowest BCUT2D eigenvalue weighted by Gasteiger charge is -2.18. The molecular weight excluding hydrogens is 877 g/mol. The first kappa shape index (κ1) is 66.8. The summed E-state index contributed by atoms with van der Waals surface area (Å²) >= 11 is 0. The predicted octanol–water partition coefficient (Wildman–Crippen LogP) is 19.6. The summed E-state index contributed by atoms with van der Waals surface area (Å²) in [5, 5.41) is 0. The molecule has 0 amide bonds. The molecule has 0 aliphatic rings. The Morgan fingerprint density at radius 1 is 0.310 bits per heavy atom. The molecular formula is C65H106O6. The highest BCUT2D eigenvalue weighted by Gasteiger charge is 2.19. The highest BCUT2D eigenvalue weighted by molar-refractivity contribution is 5.71. The Labute approximate surface area is 437 Å². The van der Waals surface area contributed by atoms with Crippen molar-refractivity contribution >= 4 is 17.9 Å². The van der Waals surface area contributed by atoms with E-state index in [0.29, 0.717) is 19.3 Å². The van der Waals surface area contributed by atoms with Crippen molar-refractivity contribution in [1.82, 2.24) is 0 Å². The third kappa shape index (κ3) is 56.6. The van der Waals surface area contributed by atoms with Gasteiger partial charge in [-0.3, -0.25) is 14.4 Å². The van der Waals surface area contributed by atoms with Crippen molar-refractivity contribution in [1.29, 1.82) is 0 Å². The Morgan fingerprint density at radius 2 is 0.620 bits per heavy atom. The van der Waals surface area contributed by atoms with E-state index in [1.165, 1.54) is 103 Å². The maximum atomic E-state index is 12.9. The minimum absolute atomic E-state index is 0.110. The van der Waals surface area contributed by atoms with Gasteiger partial charge in [0.15, 0.2) is 6.10 Å². The molecule has 6 heteroatoms. The summed E-state index contributed by atoms with van der Waals surface area (Å²) < 4.78 is 16.8. The van der Waals surface area contributed by atoms with Gasteiger partial charge in [0.1, 0.15) is 13.2 Å². The van der Waals surface area contributed by atoms with Crippen LogP contribution in [0, 0.1) is 0 Å². The Hall–Kier alpha value is -4.19. The van der Waals surface area contributed by atoms with Crippen molar-refractivity contribution in [3.8, 4) is 0 Å². The van der Waals surface area contributed by atoms with Crippen LogP contribution in [0.15, 0.2) is 122 Å². The standard InChI is InChI=1S/C65H106O6/c1-4-7-10-13-16-19-22-25-28-30-32-34-37-40-43-46-49-52-55-58-64(67)70-61-62(60-69-63(66)57-54-51-48-45-42-39-36-27-24-21-18-15-12-9-6-3)71-65(68)59-56-53-50-47-44-41-38-35-33-31-29-26-23-20-17-14-11-8-5-2/h7,9-10,12,15-16,18-19,21,24-25,27-28,32,34,36,39-40,42-43,62H,4-6,8,11,13-14,17,20,22-23,26,29-31,33,35,37-38,41,44-61H2,1-3H3/b10-7-,12-9-,18-15-,19-16-,24-21-,28-25-,34-32-,36-27-,42-39-,43-40-. The Balaban J connectivity index is 4.50. The molecule has 0 N–H and O–H groups in total. The molecule has 0 radical (unpaired) electrons. The van der Waals surface area contributed by atoms with E-state index in [1.54, 1.807) is 0 Å². The van der Waals surface area contributed by atoms with Crippen molar-refractivity contribution in [2.75, 3.05) is 13.2 Å². The van der Waals surface area contributed by atoms with Gasteiger partial charge in [0.2, 0.25) is 0 Å². The highest BCUT2D eigenvalue weighted by atomic mass is 16.6. The van der Waals surface area contributed by atoms with Gasteiger partial charge in [-0.1, -0.05) is 271 Å². The van der Waals surface area contributed by atoms with Gasteiger partial charge >= 0.3 is 17.9 Å². The van der Waals surface area contributed by atoms with E-state index in [4.69, 9.17) is 14.2 Å². The van der Waals surface area contributed by atoms with Crippen molar-refractivity contribution in [2.24, 2.45) is 0 Å². The number of unbranched alkanes of at least 4 members (excludes halogenated alkanes) is 24. The molecule has 0 rings (SSSR count). The second kappa shape index (κ2) is 58.4. The molecule has 402 valence electrons. The zero-order valence-corrected chi connectivity index (χ0v) is 45.9. The van der Waals surface area contributed by atoms with Gasteiger partial charge < -0.3 is 14.2 Å². The molecule has 0 fully saturated rings. The minimum Gasteiger partial charge on any atom is -0.462 e. The van der Waals surface area contributed by atoms with Crippen LogP contribution in [0.5, 0.6) is 0 Å². The molecule has 6 nitrogen and oxygen atoms in total. The molecule has 0 spiro atoms. The number of carbonyl (C=O) groups excluding carboxylic acids is 3. The van der Waals surface area contributed by atoms with Gasteiger partial charge in [0.25, 0.3) is 0 Å². The number of ether oxygens (including phenoxy) is 3. The number of rotatable bonds is 51. The number of hydrogen-bond acceptors (Lipinski definition) is 6. The van der Waals surface area contributed by atoms with Crippen LogP contribution in [0.25, 0.3) is 0 Å². The molecule has 0 aliphatic carbocycles. The first-order valence-corrected chi connectivity index (χ1v) is 29.1. The topological polar surface area (TPSA) is 78.9 Å². The van der Waals surface area contributed by atoms with Crippen LogP contribution in [0.1, 0.15) is 252 Å². The van der Waals surface area contributed by atoms with Gasteiger partial charge in [-0.2, -0.15) is 0 Å². The first-order chi connectivity index (χ1) is 35.0. The average Bonchev–Trinajstić information content (AvgIpc) is 3.37. The molecule has 0 aromatic heterocycles. The van der Waals surface area contributed by atoms with E-state index < -0.39 is 6.10 Å². The SMILES string of the molecule is CC\C=C/C=C\C=C/C=C\C=C/CCCCCC(=O)OCC(COC(=O)CCCCC/C=C\C/C=C\C/C=C\C/C=C\C/C=C\CC)OC(=O)CCCCCCCCCCCCCCCCCCCCC. The van der Waals surface area contributed by atoms with Crippen LogP contribution < -0.4 is 0 Å². The smallest absolute Gasteiger partial charge is 0.306 e. The Bertz CT molecular complexity index is 1500. The van der Waals surface area contributed by atoms with Gasteiger partial charge in [-0.25, -0.2) is 0 Å². The molecule has 71 heavy (non-hydrogen) atoms. The summed E-state index contributed by atoms with van der Waals surface area (Å²) in [5.74, 6) is -0.979. The van der Waals surface area contributed by atoms with Crippen LogP contribution in [0.3, 0.4) is 0 Å². The van der Waals surface area contributed by atoms with Gasteiger partial charge in [0.05, 0.1) is 0 Å². The molecule has 0 aromatic rings. The quantitative estimate of drug-likeness (QED) is 0.0199. The molecule has 1 unspecified atom stereocenters. The fraction of sp³-hybridized carbons (Fsp3) is 0.646. The normalized spacial score (nSPS) is 13.0. The maximum Gasteiger partial charge on any atom is 0.306 e.